The van der Waals surface area contributed by atoms with Crippen LogP contribution in [0.15, 0.2) is 0 Å². The van der Waals surface area contributed by atoms with E-state index in [2.05, 4.69) is 17.8 Å². The molecule has 1 heteroatoms. The first-order valence-electron chi connectivity index (χ1n) is 3.30. The molecule has 1 nitrogen and oxygen atoms in total. The molecule has 0 spiro atoms. The zero-order valence-electron chi connectivity index (χ0n) is 6.31. The minimum atomic E-state index is 0.524. The first-order chi connectivity index (χ1) is 4.91. The molecule has 0 aromatic carbocycles. The number of unbranched alkanes of at least 4 members (excludes halogenated alkanes) is 2. The molecule has 0 aromatic rings. The Balaban J connectivity index is 3.05. The Morgan fingerprint density at radius 2 is 2.10 bits per heavy atom. The fourth-order valence-corrected chi connectivity index (χ4v) is 0.490. The number of hydrogen-bond donors (Lipinski definition) is 0. The molecule has 0 saturated heterocycles. The first-order valence-corrected chi connectivity index (χ1v) is 3.30. The van der Waals surface area contributed by atoms with Crippen LogP contribution in [-0.2, 0) is 4.74 Å². The maximum atomic E-state index is 5.05. The summed E-state index contributed by atoms with van der Waals surface area (Å²) in [4.78, 5) is 0. The van der Waals surface area contributed by atoms with Gasteiger partial charge in [-0.3, -0.25) is 0 Å². The van der Waals surface area contributed by atoms with Crippen LogP contribution in [0.3, 0.4) is 0 Å². The van der Waals surface area contributed by atoms with Crippen molar-refractivity contribution in [3.63, 3.8) is 0 Å². The van der Waals surface area contributed by atoms with Gasteiger partial charge in [-0.05, 0) is 6.42 Å². The van der Waals surface area contributed by atoms with Gasteiger partial charge in [-0.1, -0.05) is 5.92 Å². The summed E-state index contributed by atoms with van der Waals surface area (Å²) < 4.78 is 4.73. The SMILES string of the molecule is C#CCCCC#CCOC. The van der Waals surface area contributed by atoms with Crippen molar-refractivity contribution in [3.05, 3.63) is 0 Å². The van der Waals surface area contributed by atoms with Crippen molar-refractivity contribution in [2.45, 2.75) is 19.3 Å². The van der Waals surface area contributed by atoms with Crippen molar-refractivity contribution < 1.29 is 4.74 Å². The number of rotatable bonds is 3. The lowest BCUT2D eigenvalue weighted by Crippen LogP contribution is -1.80. The van der Waals surface area contributed by atoms with Crippen LogP contribution < -0.4 is 0 Å². The van der Waals surface area contributed by atoms with Crippen molar-refractivity contribution >= 4 is 0 Å². The number of hydrogen-bond acceptors (Lipinski definition) is 1. The summed E-state index contributed by atoms with van der Waals surface area (Å²) in [6, 6.07) is 0. The summed E-state index contributed by atoms with van der Waals surface area (Å²) in [5.74, 6) is 8.36. The number of ether oxygens (including phenoxy) is 1. The van der Waals surface area contributed by atoms with E-state index >= 15 is 0 Å². The van der Waals surface area contributed by atoms with E-state index in [9.17, 15) is 0 Å². The van der Waals surface area contributed by atoms with Gasteiger partial charge in [0.2, 0.25) is 0 Å². The molecule has 0 aliphatic rings. The van der Waals surface area contributed by atoms with E-state index in [0.717, 1.165) is 19.3 Å². The highest BCUT2D eigenvalue weighted by molar-refractivity contribution is 4.99. The van der Waals surface area contributed by atoms with E-state index < -0.39 is 0 Å². The highest BCUT2D eigenvalue weighted by Gasteiger charge is 1.77. The largest absolute Gasteiger partial charge is 0.372 e. The maximum Gasteiger partial charge on any atom is 0.107 e. The molecular formula is C9H12O. The van der Waals surface area contributed by atoms with Gasteiger partial charge < -0.3 is 4.74 Å². The molecule has 54 valence electrons. The van der Waals surface area contributed by atoms with Crippen molar-refractivity contribution in [2.24, 2.45) is 0 Å². The van der Waals surface area contributed by atoms with Crippen LogP contribution in [-0.4, -0.2) is 13.7 Å². The maximum absolute atomic E-state index is 5.05. The monoisotopic (exact) mass is 136 g/mol. The molecular weight excluding hydrogens is 124 g/mol. The lowest BCUT2D eigenvalue weighted by molar-refractivity contribution is 0.239. The number of methoxy groups -OCH3 is 1. The summed E-state index contributed by atoms with van der Waals surface area (Å²) in [7, 11) is 1.64. The fraction of sp³-hybridized carbons (Fsp3) is 0.556. The average molecular weight is 136 g/mol. The standard InChI is InChI=1S/C9H12O/c1-3-4-5-6-7-8-9-10-2/h1H,4-6,9H2,2H3. The lowest BCUT2D eigenvalue weighted by atomic mass is 10.2. The lowest BCUT2D eigenvalue weighted by Gasteiger charge is -1.84. The van der Waals surface area contributed by atoms with E-state index in [-0.39, 0.29) is 0 Å². The smallest absolute Gasteiger partial charge is 0.107 e. The van der Waals surface area contributed by atoms with E-state index in [4.69, 9.17) is 11.2 Å². The summed E-state index contributed by atoms with van der Waals surface area (Å²) in [5, 5.41) is 0. The average Bonchev–Trinajstić information content (AvgIpc) is 1.97. The third-order valence-electron chi connectivity index (χ3n) is 0.964. The van der Waals surface area contributed by atoms with Crippen molar-refractivity contribution in [2.75, 3.05) is 13.7 Å². The zero-order valence-corrected chi connectivity index (χ0v) is 6.31. The molecule has 0 saturated carbocycles. The molecule has 0 radical (unpaired) electrons. The molecule has 0 aliphatic carbocycles. The van der Waals surface area contributed by atoms with Crippen molar-refractivity contribution in [3.8, 4) is 24.2 Å². The van der Waals surface area contributed by atoms with Crippen LogP contribution in [0.25, 0.3) is 0 Å². The Morgan fingerprint density at radius 3 is 2.70 bits per heavy atom. The summed E-state index contributed by atoms with van der Waals surface area (Å²) in [6.45, 7) is 0.524. The molecule has 0 fully saturated rings. The second kappa shape index (κ2) is 8.08. The third-order valence-corrected chi connectivity index (χ3v) is 0.964. The van der Waals surface area contributed by atoms with E-state index in [0.29, 0.717) is 6.61 Å². The van der Waals surface area contributed by atoms with E-state index in [1.807, 2.05) is 0 Å². The molecule has 0 aromatic heterocycles. The summed E-state index contributed by atoms with van der Waals surface area (Å²) in [6.07, 6.45) is 7.74. The van der Waals surface area contributed by atoms with Crippen LogP contribution in [0.5, 0.6) is 0 Å². The minimum Gasteiger partial charge on any atom is -0.372 e. The zero-order chi connectivity index (χ0) is 7.66. The first kappa shape index (κ1) is 9.08. The van der Waals surface area contributed by atoms with E-state index in [1.165, 1.54) is 0 Å². The predicted octanol–water partition coefficient (Wildman–Crippen LogP) is 1.44. The van der Waals surface area contributed by atoms with Gasteiger partial charge in [-0.2, -0.15) is 0 Å². The summed E-state index contributed by atoms with van der Waals surface area (Å²) in [5.41, 5.74) is 0. The Kier molecular flexibility index (Phi) is 7.34. The van der Waals surface area contributed by atoms with Crippen molar-refractivity contribution in [1.29, 1.82) is 0 Å². The van der Waals surface area contributed by atoms with Crippen LogP contribution in [0.2, 0.25) is 0 Å². The second-order valence-corrected chi connectivity index (χ2v) is 1.84. The van der Waals surface area contributed by atoms with Crippen molar-refractivity contribution in [1.82, 2.24) is 0 Å². The third kappa shape index (κ3) is 7.08. The van der Waals surface area contributed by atoms with Gasteiger partial charge in [0.1, 0.15) is 6.61 Å². The topological polar surface area (TPSA) is 9.23 Å². The van der Waals surface area contributed by atoms with Crippen LogP contribution >= 0.6 is 0 Å². The highest BCUT2D eigenvalue weighted by atomic mass is 16.5. The van der Waals surface area contributed by atoms with Gasteiger partial charge in [0.15, 0.2) is 0 Å². The molecule has 0 N–H and O–H groups in total. The Labute approximate surface area is 62.8 Å². The van der Waals surface area contributed by atoms with E-state index in [1.54, 1.807) is 7.11 Å². The normalized spacial score (nSPS) is 7.60. The predicted molar refractivity (Wildman–Crippen MR) is 42.3 cm³/mol. The fourth-order valence-electron chi connectivity index (χ4n) is 0.490. The molecule has 0 heterocycles. The number of terminal acetylenes is 1. The second-order valence-electron chi connectivity index (χ2n) is 1.84. The Bertz CT molecular complexity index is 154. The van der Waals surface area contributed by atoms with Gasteiger partial charge in [0.05, 0.1) is 0 Å². The molecule has 0 aliphatic heterocycles. The molecule has 0 bridgehead atoms. The van der Waals surface area contributed by atoms with Gasteiger partial charge in [-0.25, -0.2) is 0 Å². The Morgan fingerprint density at radius 1 is 1.30 bits per heavy atom. The van der Waals surface area contributed by atoms with Crippen LogP contribution in [0.1, 0.15) is 19.3 Å². The minimum absolute atomic E-state index is 0.524. The molecule has 0 rings (SSSR count). The summed E-state index contributed by atoms with van der Waals surface area (Å²) >= 11 is 0. The highest BCUT2D eigenvalue weighted by Crippen LogP contribution is 1.90. The van der Waals surface area contributed by atoms with Gasteiger partial charge >= 0.3 is 0 Å². The molecule has 0 amide bonds. The van der Waals surface area contributed by atoms with Crippen LogP contribution in [0, 0.1) is 24.2 Å². The van der Waals surface area contributed by atoms with Crippen LogP contribution in [0.4, 0.5) is 0 Å². The quantitative estimate of drug-likeness (QED) is 0.421. The van der Waals surface area contributed by atoms with Gasteiger partial charge in [-0.15, -0.1) is 18.3 Å². The molecule has 0 atom stereocenters. The van der Waals surface area contributed by atoms with Gasteiger partial charge in [0, 0.05) is 20.0 Å². The molecule has 10 heavy (non-hydrogen) atoms. The van der Waals surface area contributed by atoms with Gasteiger partial charge in [0.25, 0.3) is 0 Å². The Hall–Kier alpha value is -0.920. The molecule has 0 unspecified atom stereocenters.